The van der Waals surface area contributed by atoms with Crippen LogP contribution in [0, 0.1) is 5.92 Å². The molecule has 3 atom stereocenters. The molecular weight excluding hydrogens is 248 g/mol. The Balaban J connectivity index is 2.31. The number of methoxy groups -OCH3 is 1. The molecule has 0 aliphatic heterocycles. The molecule has 1 saturated carbocycles. The average Bonchev–Trinajstić information content (AvgIpc) is 2.45. The number of benzene rings is 1. The second-order valence-electron chi connectivity index (χ2n) is 6.22. The first kappa shape index (κ1) is 15.2. The van der Waals surface area contributed by atoms with Gasteiger partial charge in [-0.25, -0.2) is 0 Å². The van der Waals surface area contributed by atoms with Gasteiger partial charge in [0.05, 0.1) is 7.11 Å². The van der Waals surface area contributed by atoms with Crippen LogP contribution in [0.2, 0.25) is 0 Å². The lowest BCUT2D eigenvalue weighted by Gasteiger charge is -2.37. The first-order chi connectivity index (χ1) is 9.54. The summed E-state index contributed by atoms with van der Waals surface area (Å²) in [5, 5.41) is 0. The molecule has 3 heteroatoms. The molecule has 112 valence electrons. The van der Waals surface area contributed by atoms with Crippen LogP contribution in [0.25, 0.3) is 0 Å². The van der Waals surface area contributed by atoms with Gasteiger partial charge in [-0.3, -0.25) is 0 Å². The van der Waals surface area contributed by atoms with Gasteiger partial charge in [0.25, 0.3) is 0 Å². The van der Waals surface area contributed by atoms with E-state index in [0.29, 0.717) is 6.04 Å². The fourth-order valence-electron chi connectivity index (χ4n) is 3.43. The minimum Gasteiger partial charge on any atom is -0.496 e. The number of hydrogen-bond donors (Lipinski definition) is 1. The van der Waals surface area contributed by atoms with Gasteiger partial charge in [0, 0.05) is 30.4 Å². The smallest absolute Gasteiger partial charge is 0.125 e. The van der Waals surface area contributed by atoms with Gasteiger partial charge in [-0.2, -0.15) is 0 Å². The quantitative estimate of drug-likeness (QED) is 0.910. The minimum atomic E-state index is -0.0235. The number of ether oxygens (including phenoxy) is 1. The van der Waals surface area contributed by atoms with Gasteiger partial charge < -0.3 is 15.4 Å². The topological polar surface area (TPSA) is 38.5 Å². The number of nitrogens with zero attached hydrogens (tertiary/aromatic N) is 1. The summed E-state index contributed by atoms with van der Waals surface area (Å²) in [5.41, 5.74) is 8.52. The van der Waals surface area contributed by atoms with Crippen molar-refractivity contribution in [3.8, 4) is 5.75 Å². The largest absolute Gasteiger partial charge is 0.496 e. The Hall–Kier alpha value is -1.22. The van der Waals surface area contributed by atoms with Crippen LogP contribution < -0.4 is 15.4 Å². The molecule has 0 amide bonds. The van der Waals surface area contributed by atoms with E-state index < -0.39 is 0 Å². The highest BCUT2D eigenvalue weighted by Crippen LogP contribution is 2.36. The maximum Gasteiger partial charge on any atom is 0.125 e. The van der Waals surface area contributed by atoms with Crippen molar-refractivity contribution < 1.29 is 4.74 Å². The van der Waals surface area contributed by atoms with E-state index in [-0.39, 0.29) is 6.04 Å². The maximum absolute atomic E-state index is 6.18. The summed E-state index contributed by atoms with van der Waals surface area (Å²) < 4.78 is 5.50. The Labute approximate surface area is 123 Å². The molecule has 0 spiro atoms. The van der Waals surface area contributed by atoms with Crippen LogP contribution >= 0.6 is 0 Å². The Bertz CT molecular complexity index is 445. The van der Waals surface area contributed by atoms with Crippen LogP contribution in [0.5, 0.6) is 5.75 Å². The summed E-state index contributed by atoms with van der Waals surface area (Å²) >= 11 is 0. The number of nitrogens with two attached hydrogens (primary N) is 1. The summed E-state index contributed by atoms with van der Waals surface area (Å²) in [7, 11) is 3.91. The Kier molecular flexibility index (Phi) is 4.92. The Morgan fingerprint density at radius 1 is 1.35 bits per heavy atom. The predicted octanol–water partition coefficient (Wildman–Crippen LogP) is 3.73. The van der Waals surface area contributed by atoms with Crippen LogP contribution in [0.3, 0.4) is 0 Å². The van der Waals surface area contributed by atoms with E-state index in [1.165, 1.54) is 31.4 Å². The third-order valence-corrected chi connectivity index (χ3v) is 4.55. The third kappa shape index (κ3) is 3.09. The molecule has 2 N–H and O–H groups in total. The van der Waals surface area contributed by atoms with Gasteiger partial charge >= 0.3 is 0 Å². The molecule has 1 aliphatic rings. The molecule has 1 aromatic rings. The van der Waals surface area contributed by atoms with Crippen LogP contribution in [0.15, 0.2) is 18.2 Å². The van der Waals surface area contributed by atoms with Crippen LogP contribution in [-0.2, 0) is 0 Å². The normalized spacial score (nSPS) is 24.2. The summed E-state index contributed by atoms with van der Waals surface area (Å²) in [4.78, 5) is 2.41. The second-order valence-corrected chi connectivity index (χ2v) is 6.22. The van der Waals surface area contributed by atoms with Gasteiger partial charge in [0.1, 0.15) is 5.75 Å². The molecule has 1 aromatic carbocycles. The maximum atomic E-state index is 6.18. The molecule has 0 saturated heterocycles. The third-order valence-electron chi connectivity index (χ3n) is 4.55. The standard InChI is InChI=1S/C17H28N2O/c1-12-7-5-8-14(11-12)19(3)15-9-6-10-16(20-4)17(15)13(2)18/h6,9-10,12-14H,5,7-8,11,18H2,1-4H3/t12?,13-,14?/m0/s1. The highest BCUT2D eigenvalue weighted by Gasteiger charge is 2.25. The first-order valence-corrected chi connectivity index (χ1v) is 7.70. The zero-order valence-electron chi connectivity index (χ0n) is 13.2. The molecule has 0 heterocycles. The summed E-state index contributed by atoms with van der Waals surface area (Å²) in [6.07, 6.45) is 5.23. The van der Waals surface area contributed by atoms with Crippen molar-refractivity contribution in [2.75, 3.05) is 19.1 Å². The molecule has 1 aliphatic carbocycles. The predicted molar refractivity (Wildman–Crippen MR) is 85.4 cm³/mol. The Morgan fingerprint density at radius 2 is 2.10 bits per heavy atom. The van der Waals surface area contributed by atoms with E-state index in [2.05, 4.69) is 31.0 Å². The minimum absolute atomic E-state index is 0.0235. The van der Waals surface area contributed by atoms with Crippen molar-refractivity contribution in [3.63, 3.8) is 0 Å². The van der Waals surface area contributed by atoms with Crippen LogP contribution in [-0.4, -0.2) is 20.2 Å². The van der Waals surface area contributed by atoms with E-state index in [9.17, 15) is 0 Å². The molecule has 2 unspecified atom stereocenters. The lowest BCUT2D eigenvalue weighted by Crippen LogP contribution is -2.36. The fraction of sp³-hybridized carbons (Fsp3) is 0.647. The molecule has 0 bridgehead atoms. The van der Waals surface area contributed by atoms with Crippen molar-refractivity contribution in [3.05, 3.63) is 23.8 Å². The second kappa shape index (κ2) is 6.49. The Morgan fingerprint density at radius 3 is 2.70 bits per heavy atom. The molecule has 1 fully saturated rings. The van der Waals surface area contributed by atoms with Crippen LogP contribution in [0.4, 0.5) is 5.69 Å². The van der Waals surface area contributed by atoms with Gasteiger partial charge in [-0.05, 0) is 37.8 Å². The molecular formula is C17H28N2O. The highest BCUT2D eigenvalue weighted by molar-refractivity contribution is 5.61. The van der Waals surface area contributed by atoms with Crippen molar-refractivity contribution in [1.29, 1.82) is 0 Å². The fourth-order valence-corrected chi connectivity index (χ4v) is 3.43. The zero-order chi connectivity index (χ0) is 14.7. The molecule has 2 rings (SSSR count). The van der Waals surface area contributed by atoms with Crippen molar-refractivity contribution in [1.82, 2.24) is 0 Å². The average molecular weight is 276 g/mol. The van der Waals surface area contributed by atoms with E-state index in [1.54, 1.807) is 7.11 Å². The van der Waals surface area contributed by atoms with Crippen LogP contribution in [0.1, 0.15) is 51.1 Å². The number of hydrogen-bond acceptors (Lipinski definition) is 3. The van der Waals surface area contributed by atoms with Gasteiger partial charge in [0.2, 0.25) is 0 Å². The van der Waals surface area contributed by atoms with Gasteiger partial charge in [-0.1, -0.05) is 25.8 Å². The zero-order valence-corrected chi connectivity index (χ0v) is 13.2. The van der Waals surface area contributed by atoms with Gasteiger partial charge in [-0.15, -0.1) is 0 Å². The summed E-state index contributed by atoms with van der Waals surface area (Å²) in [5.74, 6) is 1.72. The molecule has 20 heavy (non-hydrogen) atoms. The number of anilines is 1. The van der Waals surface area contributed by atoms with Gasteiger partial charge in [0.15, 0.2) is 0 Å². The SMILES string of the molecule is COc1cccc(N(C)C2CCCC(C)C2)c1[C@H](C)N. The van der Waals surface area contributed by atoms with E-state index in [0.717, 1.165) is 17.2 Å². The van der Waals surface area contributed by atoms with Crippen molar-refractivity contribution in [2.45, 2.75) is 51.6 Å². The van der Waals surface area contributed by atoms with Crippen molar-refractivity contribution in [2.24, 2.45) is 11.7 Å². The van der Waals surface area contributed by atoms with E-state index in [1.807, 2.05) is 13.0 Å². The van der Waals surface area contributed by atoms with E-state index >= 15 is 0 Å². The number of rotatable bonds is 4. The molecule has 0 aromatic heterocycles. The first-order valence-electron chi connectivity index (χ1n) is 7.70. The lowest BCUT2D eigenvalue weighted by molar-refractivity contribution is 0.335. The lowest BCUT2D eigenvalue weighted by atomic mass is 9.86. The summed E-state index contributed by atoms with van der Waals surface area (Å²) in [6, 6.07) is 6.82. The molecule has 3 nitrogen and oxygen atoms in total. The molecule has 0 radical (unpaired) electrons. The van der Waals surface area contributed by atoms with Crippen molar-refractivity contribution >= 4 is 5.69 Å². The highest BCUT2D eigenvalue weighted by atomic mass is 16.5. The monoisotopic (exact) mass is 276 g/mol. The van der Waals surface area contributed by atoms with E-state index in [4.69, 9.17) is 10.5 Å². The summed E-state index contributed by atoms with van der Waals surface area (Å²) in [6.45, 7) is 4.39.